The number of carbonyl (C=O) groups is 2. The van der Waals surface area contributed by atoms with Gasteiger partial charge in [0, 0.05) is 41.1 Å². The molecule has 0 amide bonds. The van der Waals surface area contributed by atoms with Crippen LogP contribution in [0.3, 0.4) is 0 Å². The number of hydrogen-bond donors (Lipinski definition) is 2. The van der Waals surface area contributed by atoms with Crippen LogP contribution in [0.5, 0.6) is 23.0 Å². The fraction of sp³-hybridized carbons (Fsp3) is 0.154. The number of pyridine rings is 2. The molecular formula is C26H20N2O6S2. The highest BCUT2D eigenvalue weighted by Crippen LogP contribution is 2.31. The van der Waals surface area contributed by atoms with E-state index in [9.17, 15) is 19.8 Å². The molecule has 0 aliphatic rings. The predicted octanol–water partition coefficient (Wildman–Crippen LogP) is 5.33. The lowest BCUT2D eigenvalue weighted by molar-refractivity contribution is 0.225. The number of hydrogen-bond acceptors (Lipinski definition) is 10. The van der Waals surface area contributed by atoms with Crippen molar-refractivity contribution in [2.24, 2.45) is 0 Å². The van der Waals surface area contributed by atoms with Gasteiger partial charge < -0.3 is 19.7 Å². The molecule has 182 valence electrons. The number of terminal acetylenes is 2. The lowest BCUT2D eigenvalue weighted by atomic mass is 10.1. The van der Waals surface area contributed by atoms with Crippen LogP contribution in [-0.2, 0) is 11.5 Å². The third-order valence-corrected chi connectivity index (χ3v) is 6.37. The van der Waals surface area contributed by atoms with Crippen molar-refractivity contribution in [2.75, 3.05) is 0 Å². The van der Waals surface area contributed by atoms with Crippen LogP contribution in [0.4, 0.5) is 9.59 Å². The van der Waals surface area contributed by atoms with Crippen molar-refractivity contribution in [2.45, 2.75) is 25.4 Å². The molecule has 0 aliphatic heterocycles. The van der Waals surface area contributed by atoms with E-state index in [4.69, 9.17) is 22.3 Å². The molecule has 2 aromatic heterocycles. The Labute approximate surface area is 216 Å². The van der Waals surface area contributed by atoms with Gasteiger partial charge in [-0.15, -0.1) is 12.8 Å². The standard InChI is InChI=1S/C26H20N2O6S2/c1-5-17-11-27-15(3)23(29)21(17)13-35-25(31)33-19-8-7-9-20(10-19)34-26(32)36-14-22-18(6-2)12-28-16(4)24(22)30/h1-2,7-12,29-30H,13-14H2,3-4H3. The largest absolute Gasteiger partial charge is 0.506 e. The van der Waals surface area contributed by atoms with Crippen molar-refractivity contribution in [3.05, 3.63) is 70.3 Å². The summed E-state index contributed by atoms with van der Waals surface area (Å²) in [5.74, 6) is 5.21. The number of nitrogens with zero attached hydrogens (tertiary/aromatic N) is 2. The normalized spacial score (nSPS) is 10.2. The topological polar surface area (TPSA) is 119 Å². The van der Waals surface area contributed by atoms with Crippen LogP contribution in [0.15, 0.2) is 36.7 Å². The van der Waals surface area contributed by atoms with Gasteiger partial charge in [0.25, 0.3) is 0 Å². The van der Waals surface area contributed by atoms with Crippen LogP contribution in [0, 0.1) is 38.5 Å². The van der Waals surface area contributed by atoms with E-state index < -0.39 is 10.6 Å². The van der Waals surface area contributed by atoms with Gasteiger partial charge >= 0.3 is 10.6 Å². The first-order valence-corrected chi connectivity index (χ1v) is 12.3. The Morgan fingerprint density at radius 3 is 1.67 bits per heavy atom. The summed E-state index contributed by atoms with van der Waals surface area (Å²) in [6.07, 6.45) is 13.8. The molecule has 8 nitrogen and oxygen atoms in total. The van der Waals surface area contributed by atoms with Crippen molar-refractivity contribution in [3.63, 3.8) is 0 Å². The summed E-state index contributed by atoms with van der Waals surface area (Å²) in [6.45, 7) is 3.25. The molecule has 3 rings (SSSR count). The van der Waals surface area contributed by atoms with Crippen molar-refractivity contribution in [3.8, 4) is 47.7 Å². The van der Waals surface area contributed by atoms with Crippen molar-refractivity contribution in [1.29, 1.82) is 0 Å². The summed E-state index contributed by atoms with van der Waals surface area (Å²) >= 11 is 1.61. The lowest BCUT2D eigenvalue weighted by Crippen LogP contribution is -2.05. The smallest absolute Gasteiger partial charge is 0.373 e. The van der Waals surface area contributed by atoms with Gasteiger partial charge in [0.05, 0.1) is 22.5 Å². The molecule has 0 fully saturated rings. The molecular weight excluding hydrogens is 500 g/mol. The van der Waals surface area contributed by atoms with E-state index in [1.54, 1.807) is 19.9 Å². The molecule has 0 aliphatic carbocycles. The third-order valence-electron chi connectivity index (χ3n) is 4.87. The zero-order valence-electron chi connectivity index (χ0n) is 19.3. The van der Waals surface area contributed by atoms with Gasteiger partial charge in [-0.25, -0.2) is 9.59 Å². The second-order valence-corrected chi connectivity index (χ2v) is 9.04. The van der Waals surface area contributed by atoms with Crippen LogP contribution in [0.25, 0.3) is 0 Å². The number of thioether (sulfide) groups is 2. The minimum atomic E-state index is -0.643. The minimum absolute atomic E-state index is 0.0678. The second kappa shape index (κ2) is 12.0. The molecule has 0 bridgehead atoms. The third kappa shape index (κ3) is 6.51. The Morgan fingerprint density at radius 2 is 1.28 bits per heavy atom. The maximum absolute atomic E-state index is 12.3. The van der Waals surface area contributed by atoms with Crippen molar-refractivity contribution in [1.82, 2.24) is 9.97 Å². The van der Waals surface area contributed by atoms with Crippen molar-refractivity contribution < 1.29 is 29.3 Å². The molecule has 3 aromatic rings. The first-order chi connectivity index (χ1) is 17.2. The lowest BCUT2D eigenvalue weighted by Gasteiger charge is -2.10. The molecule has 0 saturated carbocycles. The van der Waals surface area contributed by atoms with E-state index in [1.807, 2.05) is 0 Å². The number of rotatable bonds is 6. The molecule has 2 heterocycles. The SMILES string of the molecule is C#Cc1cnc(C)c(O)c1CSC(=O)Oc1cccc(OC(=O)SCc2c(C#C)cnc(C)c2O)c1. The molecule has 0 unspecified atom stereocenters. The number of ether oxygens (including phenoxy) is 2. The highest BCUT2D eigenvalue weighted by Gasteiger charge is 2.16. The highest BCUT2D eigenvalue weighted by atomic mass is 32.2. The average molecular weight is 521 g/mol. The van der Waals surface area contributed by atoms with Gasteiger partial charge in [-0.05, 0) is 49.5 Å². The number of aromatic nitrogens is 2. The second-order valence-electron chi connectivity index (χ2n) is 7.21. The molecule has 0 spiro atoms. The van der Waals surface area contributed by atoms with Gasteiger partial charge in [0.2, 0.25) is 0 Å². The first kappa shape index (κ1) is 26.5. The van der Waals surface area contributed by atoms with Gasteiger partial charge in [0.1, 0.15) is 23.0 Å². The van der Waals surface area contributed by atoms with E-state index in [0.717, 1.165) is 23.5 Å². The molecule has 10 heteroatoms. The Hall–Kier alpha value is -4.12. The van der Waals surface area contributed by atoms with Crippen LogP contribution in [0.1, 0.15) is 33.6 Å². The van der Waals surface area contributed by atoms with Crippen LogP contribution in [0.2, 0.25) is 0 Å². The van der Waals surface area contributed by atoms with Gasteiger partial charge in [-0.1, -0.05) is 17.9 Å². The highest BCUT2D eigenvalue weighted by molar-refractivity contribution is 8.12. The number of aryl methyl sites for hydroxylation is 2. The fourth-order valence-electron chi connectivity index (χ4n) is 2.95. The average Bonchev–Trinajstić information content (AvgIpc) is 2.86. The first-order valence-electron chi connectivity index (χ1n) is 10.3. The Morgan fingerprint density at radius 1 is 0.861 bits per heavy atom. The summed E-state index contributed by atoms with van der Waals surface area (Å²) < 4.78 is 10.6. The Balaban J connectivity index is 1.59. The molecule has 36 heavy (non-hydrogen) atoms. The molecule has 1 aromatic carbocycles. The predicted molar refractivity (Wildman–Crippen MR) is 138 cm³/mol. The van der Waals surface area contributed by atoms with E-state index in [-0.39, 0.29) is 34.5 Å². The van der Waals surface area contributed by atoms with Gasteiger partial charge in [0.15, 0.2) is 0 Å². The molecule has 0 saturated heterocycles. The fourth-order valence-corrected chi connectivity index (χ4v) is 4.37. The zero-order valence-corrected chi connectivity index (χ0v) is 20.9. The number of carbonyl (C=O) groups excluding carboxylic acids is 2. The Kier molecular flexibility index (Phi) is 8.85. The summed E-state index contributed by atoms with van der Waals surface area (Å²) in [4.78, 5) is 32.7. The maximum atomic E-state index is 12.3. The molecule has 0 radical (unpaired) electrons. The molecule has 2 N–H and O–H groups in total. The summed E-state index contributed by atoms with van der Waals surface area (Å²) in [5, 5.41) is 19.1. The van der Waals surface area contributed by atoms with E-state index in [1.165, 1.54) is 30.6 Å². The van der Waals surface area contributed by atoms with E-state index >= 15 is 0 Å². The number of aromatic hydroxyl groups is 2. The van der Waals surface area contributed by atoms with Gasteiger partial charge in [-0.3, -0.25) is 9.97 Å². The van der Waals surface area contributed by atoms with Crippen molar-refractivity contribution >= 4 is 34.1 Å². The summed E-state index contributed by atoms with van der Waals surface area (Å²) in [5.41, 5.74) is 2.39. The monoisotopic (exact) mass is 520 g/mol. The Bertz CT molecular complexity index is 1310. The van der Waals surface area contributed by atoms with E-state index in [0.29, 0.717) is 33.6 Å². The molecule has 0 atom stereocenters. The van der Waals surface area contributed by atoms with Gasteiger partial charge in [-0.2, -0.15) is 0 Å². The zero-order chi connectivity index (χ0) is 26.2. The summed E-state index contributed by atoms with van der Waals surface area (Å²) in [6, 6.07) is 6.00. The number of benzene rings is 1. The van der Waals surface area contributed by atoms with Crippen LogP contribution >= 0.6 is 23.5 Å². The van der Waals surface area contributed by atoms with Crippen LogP contribution in [-0.4, -0.2) is 30.8 Å². The minimum Gasteiger partial charge on any atom is -0.506 e. The maximum Gasteiger partial charge on any atom is 0.373 e. The van der Waals surface area contributed by atoms with E-state index in [2.05, 4.69) is 21.8 Å². The van der Waals surface area contributed by atoms with Crippen LogP contribution < -0.4 is 9.47 Å². The summed E-state index contributed by atoms with van der Waals surface area (Å²) in [7, 11) is 0. The quantitative estimate of drug-likeness (QED) is 0.326.